The van der Waals surface area contributed by atoms with Crippen molar-refractivity contribution in [2.75, 3.05) is 19.4 Å². The molecule has 0 saturated carbocycles. The summed E-state index contributed by atoms with van der Waals surface area (Å²) < 4.78 is 4.56. The molecular formula is C7H12N2O2S. The molecule has 0 bridgehead atoms. The van der Waals surface area contributed by atoms with Crippen LogP contribution in [0.4, 0.5) is 0 Å². The Morgan fingerprint density at radius 3 is 3.08 bits per heavy atom. The maximum absolute atomic E-state index is 11.0. The van der Waals surface area contributed by atoms with Crippen molar-refractivity contribution in [3.8, 4) is 0 Å². The van der Waals surface area contributed by atoms with Crippen LogP contribution in [0.15, 0.2) is 4.99 Å². The number of methoxy groups -OCH3 is 1. The van der Waals surface area contributed by atoms with E-state index in [-0.39, 0.29) is 12.0 Å². The number of aliphatic imine (C=N–C) groups is 1. The minimum Gasteiger partial charge on any atom is -0.467 e. The van der Waals surface area contributed by atoms with E-state index < -0.39 is 0 Å². The smallest absolute Gasteiger partial charge is 0.328 e. The van der Waals surface area contributed by atoms with Crippen LogP contribution in [-0.2, 0) is 9.53 Å². The summed E-state index contributed by atoms with van der Waals surface area (Å²) in [7, 11) is 1.38. The van der Waals surface area contributed by atoms with Crippen molar-refractivity contribution in [1.82, 2.24) is 5.32 Å². The Kier molecular flexibility index (Phi) is 3.40. The summed E-state index contributed by atoms with van der Waals surface area (Å²) in [6, 6.07) is -0.306. The molecule has 1 unspecified atom stereocenters. The molecule has 1 aliphatic rings. The topological polar surface area (TPSA) is 50.7 Å². The summed E-state index contributed by atoms with van der Waals surface area (Å²) >= 11 is 1.63. The third-order valence-electron chi connectivity index (χ3n) is 1.48. The van der Waals surface area contributed by atoms with Gasteiger partial charge in [0.15, 0.2) is 5.17 Å². The number of nitrogens with zero attached hydrogens (tertiary/aromatic N) is 1. The second-order valence-corrected chi connectivity index (χ2v) is 3.51. The van der Waals surface area contributed by atoms with Gasteiger partial charge >= 0.3 is 5.97 Å². The fourth-order valence-electron chi connectivity index (χ4n) is 0.843. The lowest BCUT2D eigenvalue weighted by molar-refractivity contribution is -0.142. The largest absolute Gasteiger partial charge is 0.467 e. The van der Waals surface area contributed by atoms with E-state index in [1.54, 1.807) is 18.7 Å². The molecule has 12 heavy (non-hydrogen) atoms. The van der Waals surface area contributed by atoms with Crippen LogP contribution in [-0.4, -0.2) is 36.6 Å². The third kappa shape index (κ3) is 2.41. The second kappa shape index (κ2) is 4.35. The summed E-state index contributed by atoms with van der Waals surface area (Å²) in [5.41, 5.74) is 0. The summed E-state index contributed by atoms with van der Waals surface area (Å²) in [4.78, 5) is 15.1. The van der Waals surface area contributed by atoms with Crippen LogP contribution in [0.3, 0.4) is 0 Å². The Morgan fingerprint density at radius 1 is 1.83 bits per heavy atom. The molecule has 1 aliphatic heterocycles. The zero-order chi connectivity index (χ0) is 8.97. The minimum absolute atomic E-state index is 0.259. The van der Waals surface area contributed by atoms with E-state index in [1.165, 1.54) is 7.11 Å². The molecule has 4 nitrogen and oxygen atoms in total. The van der Waals surface area contributed by atoms with Crippen LogP contribution < -0.4 is 5.32 Å². The number of nitrogens with one attached hydrogen (secondary N) is 1. The van der Waals surface area contributed by atoms with Gasteiger partial charge in [-0.15, -0.1) is 0 Å². The molecule has 0 amide bonds. The lowest BCUT2D eigenvalue weighted by Gasteiger charge is -2.11. The molecular weight excluding hydrogens is 176 g/mol. The Hall–Kier alpha value is -0.710. The highest BCUT2D eigenvalue weighted by Gasteiger charge is 2.16. The lowest BCUT2D eigenvalue weighted by atomic mass is 10.3. The van der Waals surface area contributed by atoms with Gasteiger partial charge in [0.1, 0.15) is 6.04 Å². The standard InChI is InChI=1S/C7H12N2O2S/c1-5(6(10)11-2)9-7-8-3-4-12-7/h5H,3-4H2,1-2H3,(H,8,9). The predicted molar refractivity (Wildman–Crippen MR) is 49.4 cm³/mol. The van der Waals surface area contributed by atoms with Crippen molar-refractivity contribution in [3.05, 3.63) is 0 Å². The lowest BCUT2D eigenvalue weighted by Crippen LogP contribution is -2.37. The van der Waals surface area contributed by atoms with Crippen LogP contribution in [0, 0.1) is 0 Å². The average molecular weight is 188 g/mol. The van der Waals surface area contributed by atoms with Crippen molar-refractivity contribution >= 4 is 22.9 Å². The molecule has 1 heterocycles. The van der Waals surface area contributed by atoms with E-state index in [2.05, 4.69) is 15.0 Å². The molecule has 0 aliphatic carbocycles. The van der Waals surface area contributed by atoms with Gasteiger partial charge in [-0.1, -0.05) is 11.8 Å². The third-order valence-corrected chi connectivity index (χ3v) is 2.39. The molecule has 0 saturated heterocycles. The van der Waals surface area contributed by atoms with Gasteiger partial charge in [0.05, 0.1) is 13.7 Å². The molecule has 0 aromatic heterocycles. The molecule has 0 spiro atoms. The van der Waals surface area contributed by atoms with E-state index in [1.807, 2.05) is 0 Å². The number of amidine groups is 1. The van der Waals surface area contributed by atoms with Crippen LogP contribution in [0.1, 0.15) is 6.92 Å². The number of thioether (sulfide) groups is 1. The molecule has 1 atom stereocenters. The highest BCUT2D eigenvalue weighted by atomic mass is 32.2. The number of esters is 1. The summed E-state index contributed by atoms with van der Waals surface area (Å²) in [6.07, 6.45) is 0. The fraction of sp³-hybridized carbons (Fsp3) is 0.714. The monoisotopic (exact) mass is 188 g/mol. The SMILES string of the molecule is COC(=O)C(C)NC1=NCCS1. The molecule has 68 valence electrons. The first kappa shape index (κ1) is 9.38. The van der Waals surface area contributed by atoms with Gasteiger partial charge in [-0.25, -0.2) is 4.79 Å². The number of carbonyl (C=O) groups is 1. The Labute approximate surface area is 75.8 Å². The van der Waals surface area contributed by atoms with Crippen molar-refractivity contribution < 1.29 is 9.53 Å². The number of hydrogen-bond donors (Lipinski definition) is 1. The van der Waals surface area contributed by atoms with Crippen LogP contribution in [0.25, 0.3) is 0 Å². The van der Waals surface area contributed by atoms with E-state index in [0.717, 1.165) is 17.5 Å². The maximum Gasteiger partial charge on any atom is 0.328 e. The molecule has 1 rings (SSSR count). The first-order chi connectivity index (χ1) is 5.74. The number of rotatable bonds is 2. The molecule has 0 fully saturated rings. The van der Waals surface area contributed by atoms with E-state index >= 15 is 0 Å². The van der Waals surface area contributed by atoms with Crippen LogP contribution >= 0.6 is 11.8 Å². The molecule has 0 radical (unpaired) electrons. The zero-order valence-electron chi connectivity index (χ0n) is 7.16. The first-order valence-electron chi connectivity index (χ1n) is 3.75. The Balaban J connectivity index is 2.34. The normalized spacial score (nSPS) is 18.3. The van der Waals surface area contributed by atoms with E-state index in [9.17, 15) is 4.79 Å². The van der Waals surface area contributed by atoms with Gasteiger partial charge < -0.3 is 10.1 Å². The van der Waals surface area contributed by atoms with Gasteiger partial charge in [-0.2, -0.15) is 0 Å². The zero-order valence-corrected chi connectivity index (χ0v) is 7.98. The summed E-state index contributed by atoms with van der Waals surface area (Å²) in [5, 5.41) is 3.81. The Bertz CT molecular complexity index is 206. The maximum atomic E-state index is 11.0. The first-order valence-corrected chi connectivity index (χ1v) is 4.74. The van der Waals surface area contributed by atoms with Gasteiger partial charge in [0.2, 0.25) is 0 Å². The van der Waals surface area contributed by atoms with Crippen molar-refractivity contribution in [2.24, 2.45) is 4.99 Å². The van der Waals surface area contributed by atoms with Gasteiger partial charge in [0, 0.05) is 5.75 Å². The van der Waals surface area contributed by atoms with E-state index in [0.29, 0.717) is 0 Å². The number of ether oxygens (including phenoxy) is 1. The van der Waals surface area contributed by atoms with Gasteiger partial charge in [0.25, 0.3) is 0 Å². The van der Waals surface area contributed by atoms with Crippen molar-refractivity contribution in [3.63, 3.8) is 0 Å². The molecule has 1 N–H and O–H groups in total. The van der Waals surface area contributed by atoms with Crippen LogP contribution in [0.5, 0.6) is 0 Å². The number of hydrogen-bond acceptors (Lipinski definition) is 5. The number of carbonyl (C=O) groups excluding carboxylic acids is 1. The molecule has 0 aromatic rings. The van der Waals surface area contributed by atoms with Gasteiger partial charge in [-0.05, 0) is 6.92 Å². The second-order valence-electron chi connectivity index (χ2n) is 2.42. The fourth-order valence-corrected chi connectivity index (χ4v) is 1.66. The van der Waals surface area contributed by atoms with Crippen molar-refractivity contribution in [2.45, 2.75) is 13.0 Å². The van der Waals surface area contributed by atoms with E-state index in [4.69, 9.17) is 0 Å². The molecule has 5 heteroatoms. The van der Waals surface area contributed by atoms with Crippen LogP contribution in [0.2, 0.25) is 0 Å². The predicted octanol–water partition coefficient (Wildman–Crippen LogP) is 0.240. The average Bonchev–Trinajstić information content (AvgIpc) is 2.55. The minimum atomic E-state index is -0.306. The molecule has 0 aromatic carbocycles. The Morgan fingerprint density at radius 2 is 2.58 bits per heavy atom. The van der Waals surface area contributed by atoms with Crippen molar-refractivity contribution in [1.29, 1.82) is 0 Å². The van der Waals surface area contributed by atoms with Gasteiger partial charge in [-0.3, -0.25) is 4.99 Å². The summed E-state index contributed by atoms with van der Waals surface area (Å²) in [6.45, 7) is 2.59. The highest BCUT2D eigenvalue weighted by molar-refractivity contribution is 8.14. The quantitative estimate of drug-likeness (QED) is 0.631. The highest BCUT2D eigenvalue weighted by Crippen LogP contribution is 2.09. The summed E-state index contributed by atoms with van der Waals surface area (Å²) in [5.74, 6) is 0.737.